The molecule has 0 amide bonds. The number of aldehydes is 1. The fourth-order valence-corrected chi connectivity index (χ4v) is 1.87. The molecule has 1 N–H and O–H groups in total. The molecule has 78 valence electrons. The number of aliphatic hydroxyl groups excluding tert-OH is 1. The van der Waals surface area contributed by atoms with Crippen molar-refractivity contribution in [2.75, 3.05) is 6.61 Å². The Morgan fingerprint density at radius 2 is 2.14 bits per heavy atom. The maximum absolute atomic E-state index is 11.6. The van der Waals surface area contributed by atoms with Crippen LogP contribution in [0.15, 0.2) is 12.2 Å². The van der Waals surface area contributed by atoms with E-state index in [2.05, 4.69) is 0 Å². The summed E-state index contributed by atoms with van der Waals surface area (Å²) in [5, 5.41) is 8.56. The number of ketones is 1. The van der Waals surface area contributed by atoms with Crippen molar-refractivity contribution in [1.29, 1.82) is 0 Å². The second-order valence-corrected chi connectivity index (χ2v) is 3.76. The minimum Gasteiger partial charge on any atom is -0.392 e. The minimum absolute atomic E-state index is 0.0386. The molecule has 3 nitrogen and oxygen atoms in total. The van der Waals surface area contributed by atoms with Gasteiger partial charge < -0.3 is 9.90 Å². The number of hydrogen-bond donors (Lipinski definition) is 1. The van der Waals surface area contributed by atoms with Gasteiger partial charge in [0.1, 0.15) is 12.1 Å². The molecule has 0 spiro atoms. The quantitative estimate of drug-likeness (QED) is 0.418. The highest BCUT2D eigenvalue weighted by Gasteiger charge is 2.38. The molecule has 1 atom stereocenters. The Hall–Kier alpha value is -0.960. The molecule has 1 aliphatic rings. The second kappa shape index (κ2) is 5.05. The van der Waals surface area contributed by atoms with Gasteiger partial charge >= 0.3 is 0 Å². The van der Waals surface area contributed by atoms with Gasteiger partial charge in [-0.2, -0.15) is 0 Å². The average molecular weight is 196 g/mol. The highest BCUT2D eigenvalue weighted by molar-refractivity contribution is 5.98. The molecule has 1 rings (SSSR count). The van der Waals surface area contributed by atoms with Crippen LogP contribution in [0.2, 0.25) is 0 Å². The van der Waals surface area contributed by atoms with Gasteiger partial charge in [-0.25, -0.2) is 0 Å². The first-order valence-electron chi connectivity index (χ1n) is 5.01. The van der Waals surface area contributed by atoms with Gasteiger partial charge in [-0.15, -0.1) is 0 Å². The first kappa shape index (κ1) is 11.1. The van der Waals surface area contributed by atoms with Crippen molar-refractivity contribution in [1.82, 2.24) is 0 Å². The first-order valence-corrected chi connectivity index (χ1v) is 5.01. The van der Waals surface area contributed by atoms with Gasteiger partial charge in [0.2, 0.25) is 0 Å². The standard InChI is InChI=1S/C11H16O3/c12-8-4-3-7-11(9-13)6-2-1-5-10(11)14/h3-4,9,12H,1-2,5-8H2/b4-3+. The summed E-state index contributed by atoms with van der Waals surface area (Å²) in [7, 11) is 0. The molecule has 1 unspecified atom stereocenters. The Balaban J connectivity index is 2.68. The number of rotatable bonds is 4. The smallest absolute Gasteiger partial charge is 0.146 e. The van der Waals surface area contributed by atoms with Crippen LogP contribution >= 0.6 is 0 Å². The van der Waals surface area contributed by atoms with E-state index < -0.39 is 5.41 Å². The maximum Gasteiger partial charge on any atom is 0.146 e. The molecule has 1 fully saturated rings. The van der Waals surface area contributed by atoms with Crippen LogP contribution in [-0.2, 0) is 9.59 Å². The molecule has 3 heteroatoms. The van der Waals surface area contributed by atoms with Crippen molar-refractivity contribution in [2.45, 2.75) is 32.1 Å². The van der Waals surface area contributed by atoms with E-state index in [1.165, 1.54) is 0 Å². The SMILES string of the molecule is O=CC1(C/C=C/CO)CCCCC1=O. The zero-order valence-electron chi connectivity index (χ0n) is 8.24. The van der Waals surface area contributed by atoms with Crippen LogP contribution in [-0.4, -0.2) is 23.8 Å². The fraction of sp³-hybridized carbons (Fsp3) is 0.636. The van der Waals surface area contributed by atoms with E-state index in [1.807, 2.05) is 0 Å². The lowest BCUT2D eigenvalue weighted by Gasteiger charge is -2.29. The summed E-state index contributed by atoms with van der Waals surface area (Å²) in [6, 6.07) is 0. The number of aliphatic hydroxyl groups is 1. The summed E-state index contributed by atoms with van der Waals surface area (Å²) in [5.74, 6) is 0.0568. The van der Waals surface area contributed by atoms with Gasteiger partial charge in [0.25, 0.3) is 0 Å². The Morgan fingerprint density at radius 3 is 2.71 bits per heavy atom. The van der Waals surface area contributed by atoms with E-state index in [0.717, 1.165) is 19.1 Å². The van der Waals surface area contributed by atoms with Crippen LogP contribution in [0.4, 0.5) is 0 Å². The summed E-state index contributed by atoms with van der Waals surface area (Å²) in [6.07, 6.45) is 7.54. The molecule has 0 saturated heterocycles. The van der Waals surface area contributed by atoms with Crippen LogP contribution in [0.3, 0.4) is 0 Å². The molecule has 0 aromatic rings. The molecule has 1 saturated carbocycles. The Morgan fingerprint density at radius 1 is 1.36 bits per heavy atom. The van der Waals surface area contributed by atoms with Gasteiger partial charge in [-0.3, -0.25) is 4.79 Å². The van der Waals surface area contributed by atoms with Crippen molar-refractivity contribution in [3.05, 3.63) is 12.2 Å². The van der Waals surface area contributed by atoms with Crippen LogP contribution in [0.5, 0.6) is 0 Å². The Kier molecular flexibility index (Phi) is 4.01. The van der Waals surface area contributed by atoms with E-state index in [1.54, 1.807) is 12.2 Å². The molecule has 14 heavy (non-hydrogen) atoms. The van der Waals surface area contributed by atoms with Gasteiger partial charge in [0.05, 0.1) is 12.0 Å². The predicted octanol–water partition coefficient (Wildman–Crippen LogP) is 1.25. The van der Waals surface area contributed by atoms with E-state index in [-0.39, 0.29) is 12.4 Å². The number of hydrogen-bond acceptors (Lipinski definition) is 3. The molecule has 0 radical (unpaired) electrons. The number of allylic oxidation sites excluding steroid dienone is 1. The highest BCUT2D eigenvalue weighted by atomic mass is 16.2. The second-order valence-electron chi connectivity index (χ2n) is 3.76. The van der Waals surface area contributed by atoms with Gasteiger partial charge in [-0.1, -0.05) is 18.6 Å². The Bertz CT molecular complexity index is 245. The van der Waals surface area contributed by atoms with E-state index in [9.17, 15) is 9.59 Å². The van der Waals surface area contributed by atoms with Crippen molar-refractivity contribution in [3.8, 4) is 0 Å². The molecule has 0 bridgehead atoms. The van der Waals surface area contributed by atoms with Crippen LogP contribution in [0, 0.1) is 5.41 Å². The van der Waals surface area contributed by atoms with Crippen molar-refractivity contribution in [3.63, 3.8) is 0 Å². The van der Waals surface area contributed by atoms with E-state index in [4.69, 9.17) is 5.11 Å². The summed E-state index contributed by atoms with van der Waals surface area (Å²) in [6.45, 7) is -0.0386. The number of carbonyl (C=O) groups excluding carboxylic acids is 2. The third-order valence-corrected chi connectivity index (χ3v) is 2.81. The van der Waals surface area contributed by atoms with E-state index in [0.29, 0.717) is 19.3 Å². The highest BCUT2D eigenvalue weighted by Crippen LogP contribution is 2.34. The van der Waals surface area contributed by atoms with Gasteiger partial charge in [-0.05, 0) is 19.3 Å². The summed E-state index contributed by atoms with van der Waals surface area (Å²) < 4.78 is 0. The average Bonchev–Trinajstić information content (AvgIpc) is 2.21. The van der Waals surface area contributed by atoms with Gasteiger partial charge in [0.15, 0.2) is 0 Å². The lowest BCUT2D eigenvalue weighted by Crippen LogP contribution is -2.35. The van der Waals surface area contributed by atoms with Crippen molar-refractivity contribution in [2.24, 2.45) is 5.41 Å². The van der Waals surface area contributed by atoms with Crippen molar-refractivity contribution < 1.29 is 14.7 Å². The molecule has 1 aliphatic carbocycles. The van der Waals surface area contributed by atoms with Crippen LogP contribution in [0.1, 0.15) is 32.1 Å². The first-order chi connectivity index (χ1) is 6.75. The lowest BCUT2D eigenvalue weighted by atomic mass is 9.72. The number of Topliss-reactive ketones (excluding diaryl/α,β-unsaturated/α-hetero) is 1. The maximum atomic E-state index is 11.6. The summed E-state index contributed by atoms with van der Waals surface area (Å²) >= 11 is 0. The Labute approximate surface area is 83.8 Å². The molecule has 0 aliphatic heterocycles. The fourth-order valence-electron chi connectivity index (χ4n) is 1.87. The number of carbonyl (C=O) groups is 2. The minimum atomic E-state index is -0.788. The molecular formula is C11H16O3. The molecule has 0 aromatic heterocycles. The van der Waals surface area contributed by atoms with Crippen molar-refractivity contribution >= 4 is 12.1 Å². The largest absolute Gasteiger partial charge is 0.392 e. The summed E-state index contributed by atoms with van der Waals surface area (Å²) in [4.78, 5) is 22.6. The monoisotopic (exact) mass is 196 g/mol. The molecular weight excluding hydrogens is 180 g/mol. The zero-order chi connectivity index (χ0) is 10.4. The van der Waals surface area contributed by atoms with Crippen LogP contribution in [0.25, 0.3) is 0 Å². The predicted molar refractivity (Wildman–Crippen MR) is 52.8 cm³/mol. The lowest BCUT2D eigenvalue weighted by molar-refractivity contribution is -0.136. The van der Waals surface area contributed by atoms with E-state index >= 15 is 0 Å². The third-order valence-electron chi connectivity index (χ3n) is 2.81. The molecule has 0 aromatic carbocycles. The zero-order valence-corrected chi connectivity index (χ0v) is 8.24. The van der Waals surface area contributed by atoms with Gasteiger partial charge in [0, 0.05) is 6.42 Å². The normalized spacial score (nSPS) is 28.2. The molecule has 0 heterocycles. The third kappa shape index (κ3) is 2.29. The topological polar surface area (TPSA) is 54.4 Å². The summed E-state index contributed by atoms with van der Waals surface area (Å²) in [5.41, 5.74) is -0.788. The van der Waals surface area contributed by atoms with Crippen LogP contribution < -0.4 is 0 Å².